The highest BCUT2D eigenvalue weighted by Gasteiger charge is 2.31. The van der Waals surface area contributed by atoms with Crippen molar-refractivity contribution in [2.24, 2.45) is 5.92 Å². The summed E-state index contributed by atoms with van der Waals surface area (Å²) in [5, 5.41) is 2.81. The van der Waals surface area contributed by atoms with Gasteiger partial charge in [0.2, 0.25) is 11.8 Å². The Morgan fingerprint density at radius 3 is 2.71 bits per heavy atom. The van der Waals surface area contributed by atoms with Crippen molar-refractivity contribution in [1.82, 2.24) is 15.1 Å². The van der Waals surface area contributed by atoms with Gasteiger partial charge in [0.25, 0.3) is 0 Å². The third-order valence-electron chi connectivity index (χ3n) is 4.65. The number of hydrogen-bond donors (Lipinski definition) is 1. The number of carbonyl (C=O) groups is 2. The molecule has 0 aliphatic carbocycles. The number of benzene rings is 1. The molecule has 0 saturated carbocycles. The van der Waals surface area contributed by atoms with Gasteiger partial charge in [-0.2, -0.15) is 0 Å². The molecule has 2 aliphatic rings. The fourth-order valence-corrected chi connectivity index (χ4v) is 3.33. The lowest BCUT2D eigenvalue weighted by Crippen LogP contribution is -2.53. The molecule has 0 aromatic heterocycles. The van der Waals surface area contributed by atoms with E-state index in [0.717, 1.165) is 30.8 Å². The van der Waals surface area contributed by atoms with E-state index in [1.54, 1.807) is 0 Å². The van der Waals surface area contributed by atoms with Gasteiger partial charge in [0.1, 0.15) is 12.4 Å². The molecule has 1 saturated heterocycles. The van der Waals surface area contributed by atoms with E-state index in [1.807, 2.05) is 36.1 Å². The van der Waals surface area contributed by atoms with Crippen LogP contribution in [0.1, 0.15) is 12.5 Å². The summed E-state index contributed by atoms with van der Waals surface area (Å²) in [7, 11) is 0. The molecule has 1 N–H and O–H groups in total. The van der Waals surface area contributed by atoms with Gasteiger partial charge in [0, 0.05) is 32.7 Å². The van der Waals surface area contributed by atoms with Crippen LogP contribution in [0.5, 0.6) is 5.75 Å². The molecular weight excluding hydrogens is 306 g/mol. The SMILES string of the molecule is CCNC(=O)CN1CCN(C(=O)C2COc3ccccc3C2)CC1. The van der Waals surface area contributed by atoms with Crippen molar-refractivity contribution in [3.63, 3.8) is 0 Å². The third-order valence-corrected chi connectivity index (χ3v) is 4.65. The van der Waals surface area contributed by atoms with Crippen LogP contribution in [0, 0.1) is 5.92 Å². The number of rotatable bonds is 4. The molecule has 1 fully saturated rings. The molecule has 2 amide bonds. The number of likely N-dealkylation sites (N-methyl/N-ethyl adjacent to an activating group) is 1. The van der Waals surface area contributed by atoms with Crippen molar-refractivity contribution in [3.05, 3.63) is 29.8 Å². The second-order valence-electron chi connectivity index (χ2n) is 6.37. The van der Waals surface area contributed by atoms with Crippen LogP contribution in [-0.2, 0) is 16.0 Å². The van der Waals surface area contributed by atoms with Crippen molar-refractivity contribution in [2.45, 2.75) is 13.3 Å². The van der Waals surface area contributed by atoms with Gasteiger partial charge < -0.3 is 15.0 Å². The predicted molar refractivity (Wildman–Crippen MR) is 90.8 cm³/mol. The van der Waals surface area contributed by atoms with Crippen LogP contribution in [0.4, 0.5) is 0 Å². The molecular formula is C18H25N3O3. The van der Waals surface area contributed by atoms with Crippen LogP contribution >= 0.6 is 0 Å². The van der Waals surface area contributed by atoms with E-state index in [4.69, 9.17) is 4.74 Å². The number of fused-ring (bicyclic) bond motifs is 1. The molecule has 1 aromatic rings. The molecule has 24 heavy (non-hydrogen) atoms. The third kappa shape index (κ3) is 3.87. The van der Waals surface area contributed by atoms with Gasteiger partial charge in [-0.15, -0.1) is 0 Å². The van der Waals surface area contributed by atoms with Crippen LogP contribution in [0.2, 0.25) is 0 Å². The van der Waals surface area contributed by atoms with Crippen LogP contribution in [-0.4, -0.2) is 67.5 Å². The minimum absolute atomic E-state index is 0.0505. The monoisotopic (exact) mass is 331 g/mol. The van der Waals surface area contributed by atoms with Crippen LogP contribution in [0.25, 0.3) is 0 Å². The first kappa shape index (κ1) is 16.8. The van der Waals surface area contributed by atoms with E-state index >= 15 is 0 Å². The van der Waals surface area contributed by atoms with Gasteiger partial charge in [-0.05, 0) is 25.0 Å². The number of nitrogens with one attached hydrogen (secondary N) is 1. The molecule has 2 heterocycles. The topological polar surface area (TPSA) is 61.9 Å². The molecule has 130 valence electrons. The molecule has 0 radical (unpaired) electrons. The lowest BCUT2D eigenvalue weighted by Gasteiger charge is -2.37. The number of nitrogens with zero attached hydrogens (tertiary/aromatic N) is 2. The van der Waals surface area contributed by atoms with E-state index in [1.165, 1.54) is 0 Å². The number of piperazine rings is 1. The van der Waals surface area contributed by atoms with Crippen molar-refractivity contribution < 1.29 is 14.3 Å². The molecule has 0 spiro atoms. The Bertz CT molecular complexity index is 597. The van der Waals surface area contributed by atoms with E-state index in [-0.39, 0.29) is 17.7 Å². The number of hydrogen-bond acceptors (Lipinski definition) is 4. The van der Waals surface area contributed by atoms with E-state index in [9.17, 15) is 9.59 Å². The lowest BCUT2D eigenvalue weighted by molar-refractivity contribution is -0.138. The fourth-order valence-electron chi connectivity index (χ4n) is 3.33. The highest BCUT2D eigenvalue weighted by molar-refractivity contribution is 5.80. The Hall–Kier alpha value is -2.08. The van der Waals surface area contributed by atoms with E-state index in [2.05, 4.69) is 10.2 Å². The van der Waals surface area contributed by atoms with Crippen LogP contribution in [0.15, 0.2) is 24.3 Å². The summed E-state index contributed by atoms with van der Waals surface area (Å²) in [5.74, 6) is 1.01. The largest absolute Gasteiger partial charge is 0.492 e. The number of carbonyl (C=O) groups excluding carboxylic acids is 2. The van der Waals surface area contributed by atoms with E-state index < -0.39 is 0 Å². The van der Waals surface area contributed by atoms with Crippen LogP contribution < -0.4 is 10.1 Å². The summed E-state index contributed by atoms with van der Waals surface area (Å²) in [6, 6.07) is 7.92. The Morgan fingerprint density at radius 1 is 1.21 bits per heavy atom. The number of ether oxygens (including phenoxy) is 1. The minimum Gasteiger partial charge on any atom is -0.492 e. The first-order valence-corrected chi connectivity index (χ1v) is 8.66. The Balaban J connectivity index is 1.50. The van der Waals surface area contributed by atoms with Gasteiger partial charge in [-0.1, -0.05) is 18.2 Å². The summed E-state index contributed by atoms with van der Waals surface area (Å²) in [5.41, 5.74) is 1.11. The summed E-state index contributed by atoms with van der Waals surface area (Å²) in [6.45, 7) is 6.27. The standard InChI is InChI=1S/C18H25N3O3/c1-2-19-17(22)12-20-7-9-21(10-8-20)18(23)15-11-14-5-3-4-6-16(14)24-13-15/h3-6,15H,2,7-13H2,1H3,(H,19,22). The maximum absolute atomic E-state index is 12.7. The summed E-state index contributed by atoms with van der Waals surface area (Å²) in [6.07, 6.45) is 0.744. The van der Waals surface area contributed by atoms with Crippen molar-refractivity contribution in [2.75, 3.05) is 45.9 Å². The zero-order valence-corrected chi connectivity index (χ0v) is 14.2. The van der Waals surface area contributed by atoms with Crippen molar-refractivity contribution in [3.8, 4) is 5.75 Å². The molecule has 3 rings (SSSR count). The van der Waals surface area contributed by atoms with Gasteiger partial charge in [0.05, 0.1) is 12.5 Å². The minimum atomic E-state index is -0.102. The second-order valence-corrected chi connectivity index (χ2v) is 6.37. The average molecular weight is 331 g/mol. The molecule has 1 unspecified atom stereocenters. The number of para-hydroxylation sites is 1. The Labute approximate surface area is 142 Å². The normalized spacial score (nSPS) is 20.9. The zero-order valence-electron chi connectivity index (χ0n) is 14.2. The molecule has 6 heteroatoms. The highest BCUT2D eigenvalue weighted by Crippen LogP contribution is 2.27. The highest BCUT2D eigenvalue weighted by atomic mass is 16.5. The molecule has 0 bridgehead atoms. The first-order valence-electron chi connectivity index (χ1n) is 8.66. The molecule has 1 aromatic carbocycles. The summed E-state index contributed by atoms with van der Waals surface area (Å²) >= 11 is 0. The first-order chi connectivity index (χ1) is 11.7. The quantitative estimate of drug-likeness (QED) is 0.874. The number of amides is 2. The van der Waals surface area contributed by atoms with Gasteiger partial charge >= 0.3 is 0 Å². The van der Waals surface area contributed by atoms with Crippen molar-refractivity contribution in [1.29, 1.82) is 0 Å². The van der Waals surface area contributed by atoms with Gasteiger partial charge in [-0.3, -0.25) is 14.5 Å². The molecule has 1 atom stereocenters. The zero-order chi connectivity index (χ0) is 16.9. The maximum atomic E-state index is 12.7. The molecule has 6 nitrogen and oxygen atoms in total. The van der Waals surface area contributed by atoms with Crippen LogP contribution in [0.3, 0.4) is 0 Å². The van der Waals surface area contributed by atoms with Gasteiger partial charge in [-0.25, -0.2) is 0 Å². The average Bonchev–Trinajstić information content (AvgIpc) is 2.61. The second kappa shape index (κ2) is 7.66. The smallest absolute Gasteiger partial charge is 0.234 e. The van der Waals surface area contributed by atoms with E-state index in [0.29, 0.717) is 32.8 Å². The fraction of sp³-hybridized carbons (Fsp3) is 0.556. The Morgan fingerprint density at radius 2 is 1.96 bits per heavy atom. The van der Waals surface area contributed by atoms with Gasteiger partial charge in [0.15, 0.2) is 0 Å². The Kier molecular flexibility index (Phi) is 5.35. The predicted octanol–water partition coefficient (Wildman–Crippen LogP) is 0.518. The summed E-state index contributed by atoms with van der Waals surface area (Å²) < 4.78 is 5.74. The molecule has 2 aliphatic heterocycles. The van der Waals surface area contributed by atoms with Crippen molar-refractivity contribution >= 4 is 11.8 Å². The summed E-state index contributed by atoms with van der Waals surface area (Å²) in [4.78, 5) is 28.4. The lowest BCUT2D eigenvalue weighted by atomic mass is 9.95. The maximum Gasteiger partial charge on any atom is 0.234 e.